The second kappa shape index (κ2) is 13.4. The van der Waals surface area contributed by atoms with Crippen LogP contribution in [0.2, 0.25) is 5.02 Å². The smallest absolute Gasteiger partial charge is 0.418 e. The molecular formula is C29H29ClF6N4O4. The van der Waals surface area contributed by atoms with Crippen molar-refractivity contribution in [2.75, 3.05) is 37.0 Å². The highest BCUT2D eigenvalue weighted by atomic mass is 35.5. The Balaban J connectivity index is 1.63. The molecule has 1 aromatic heterocycles. The molecule has 4 rings (SSSR count). The standard InChI is InChI=1S/C29H29ClF6N4O4/c1-15(2)27-19(13-37-40(27)6-7-44-24-11-18(32)10-21(33)26(24)30)28(42)38-22-8-16(9-25(41)43-3)23(12-20(22)29(34,35)36)39-5-4-17(31)14-39/h8,10-13,15,17H,4-7,9,14H2,1-3H3,(H,38,42)/t17-/m1/s1. The van der Waals surface area contributed by atoms with E-state index in [0.717, 1.165) is 25.3 Å². The number of amides is 1. The number of aromatic nitrogens is 2. The summed E-state index contributed by atoms with van der Waals surface area (Å²) in [4.78, 5) is 26.9. The predicted octanol–water partition coefficient (Wildman–Crippen LogP) is 6.55. The fraction of sp³-hybridized carbons (Fsp3) is 0.414. The summed E-state index contributed by atoms with van der Waals surface area (Å²) >= 11 is 5.83. The summed E-state index contributed by atoms with van der Waals surface area (Å²) in [5, 5.41) is 6.07. The van der Waals surface area contributed by atoms with Crippen molar-refractivity contribution in [3.05, 3.63) is 69.5 Å². The fourth-order valence-corrected chi connectivity index (χ4v) is 5.16. The third-order valence-corrected chi connectivity index (χ3v) is 7.37. The van der Waals surface area contributed by atoms with Gasteiger partial charge in [-0.2, -0.15) is 18.3 Å². The van der Waals surface area contributed by atoms with E-state index in [1.165, 1.54) is 15.8 Å². The summed E-state index contributed by atoms with van der Waals surface area (Å²) < 4.78 is 95.5. The van der Waals surface area contributed by atoms with E-state index >= 15 is 0 Å². The van der Waals surface area contributed by atoms with Gasteiger partial charge in [-0.3, -0.25) is 14.3 Å². The quantitative estimate of drug-likeness (QED) is 0.153. The van der Waals surface area contributed by atoms with Crippen LogP contribution in [0, 0.1) is 11.6 Å². The van der Waals surface area contributed by atoms with Crippen LogP contribution in [0.5, 0.6) is 5.75 Å². The molecule has 0 bridgehead atoms. The molecule has 3 aromatic rings. The molecule has 1 atom stereocenters. The zero-order chi connectivity index (χ0) is 32.3. The molecule has 44 heavy (non-hydrogen) atoms. The van der Waals surface area contributed by atoms with Crippen LogP contribution in [0.25, 0.3) is 0 Å². The Morgan fingerprint density at radius 3 is 2.52 bits per heavy atom. The monoisotopic (exact) mass is 646 g/mol. The highest BCUT2D eigenvalue weighted by Gasteiger charge is 2.37. The molecule has 1 saturated heterocycles. The number of nitrogens with zero attached hydrogens (tertiary/aromatic N) is 3. The van der Waals surface area contributed by atoms with E-state index < -0.39 is 58.6 Å². The summed E-state index contributed by atoms with van der Waals surface area (Å²) in [6.07, 6.45) is -5.25. The Morgan fingerprint density at radius 1 is 1.18 bits per heavy atom. The largest absolute Gasteiger partial charge is 0.490 e. The van der Waals surface area contributed by atoms with E-state index in [1.807, 2.05) is 0 Å². The maximum Gasteiger partial charge on any atom is 0.418 e. The van der Waals surface area contributed by atoms with Crippen molar-refractivity contribution >= 4 is 34.9 Å². The van der Waals surface area contributed by atoms with Gasteiger partial charge in [-0.15, -0.1) is 0 Å². The van der Waals surface area contributed by atoms with Crippen molar-refractivity contribution in [3.8, 4) is 5.75 Å². The van der Waals surface area contributed by atoms with E-state index in [-0.39, 0.29) is 61.1 Å². The lowest BCUT2D eigenvalue weighted by atomic mass is 10.0. The molecule has 1 fully saturated rings. The molecule has 0 aliphatic carbocycles. The minimum atomic E-state index is -4.91. The van der Waals surface area contributed by atoms with E-state index in [9.17, 15) is 35.9 Å². The molecule has 2 heterocycles. The summed E-state index contributed by atoms with van der Waals surface area (Å²) in [6, 6.07) is 3.37. The first kappa shape index (κ1) is 33.0. The number of benzene rings is 2. The van der Waals surface area contributed by atoms with Crippen molar-refractivity contribution in [2.24, 2.45) is 0 Å². The van der Waals surface area contributed by atoms with Gasteiger partial charge in [-0.1, -0.05) is 25.4 Å². The number of carbonyl (C=O) groups is 2. The second-order valence-electron chi connectivity index (χ2n) is 10.4. The third kappa shape index (κ3) is 7.40. The SMILES string of the molecule is COC(=O)Cc1cc(NC(=O)c2cnn(CCOc3cc(F)cc(F)c3Cl)c2C(C)C)c(C(F)(F)F)cc1N1CC[C@@H](F)C1. The van der Waals surface area contributed by atoms with Crippen molar-refractivity contribution in [3.63, 3.8) is 0 Å². The lowest BCUT2D eigenvalue weighted by molar-refractivity contribution is -0.139. The van der Waals surface area contributed by atoms with Crippen molar-refractivity contribution < 1.29 is 45.4 Å². The first-order valence-electron chi connectivity index (χ1n) is 13.5. The number of anilines is 2. The zero-order valence-electron chi connectivity index (χ0n) is 23.9. The Hall–Kier alpha value is -3.94. The second-order valence-corrected chi connectivity index (χ2v) is 10.8. The molecule has 1 amide bonds. The first-order chi connectivity index (χ1) is 20.7. The number of rotatable bonds is 10. The average Bonchev–Trinajstić information content (AvgIpc) is 3.57. The number of halogens is 7. The minimum absolute atomic E-state index is 0.00638. The Bertz CT molecular complexity index is 1540. The van der Waals surface area contributed by atoms with Gasteiger partial charge in [0, 0.05) is 30.9 Å². The van der Waals surface area contributed by atoms with Gasteiger partial charge in [0.25, 0.3) is 5.91 Å². The van der Waals surface area contributed by atoms with Crippen LogP contribution < -0.4 is 15.0 Å². The number of methoxy groups -OCH3 is 1. The van der Waals surface area contributed by atoms with Gasteiger partial charge in [0.05, 0.1) is 48.8 Å². The van der Waals surface area contributed by atoms with Crippen LogP contribution in [0.4, 0.5) is 37.7 Å². The molecule has 1 N–H and O–H groups in total. The number of ether oxygens (including phenoxy) is 2. The number of carbonyl (C=O) groups excluding carboxylic acids is 2. The summed E-state index contributed by atoms with van der Waals surface area (Å²) in [6.45, 7) is 3.34. The molecule has 238 valence electrons. The fourth-order valence-electron chi connectivity index (χ4n) is 5.00. The van der Waals surface area contributed by atoms with Gasteiger partial charge in [-0.05, 0) is 30.0 Å². The predicted molar refractivity (Wildman–Crippen MR) is 150 cm³/mol. The Labute approximate surface area is 253 Å². The lowest BCUT2D eigenvalue weighted by Gasteiger charge is -2.25. The number of hydrogen-bond donors (Lipinski definition) is 1. The summed E-state index contributed by atoms with van der Waals surface area (Å²) in [5.41, 5.74) is -1.30. The van der Waals surface area contributed by atoms with Crippen LogP contribution in [-0.2, 0) is 28.7 Å². The van der Waals surface area contributed by atoms with Crippen molar-refractivity contribution in [2.45, 2.75) is 51.5 Å². The molecular weight excluding hydrogens is 618 g/mol. The maximum absolute atomic E-state index is 14.3. The van der Waals surface area contributed by atoms with E-state index in [4.69, 9.17) is 21.1 Å². The number of esters is 1. The van der Waals surface area contributed by atoms with Gasteiger partial charge in [-0.25, -0.2) is 13.2 Å². The number of hydrogen-bond acceptors (Lipinski definition) is 6. The van der Waals surface area contributed by atoms with Gasteiger partial charge in [0.1, 0.15) is 35.2 Å². The van der Waals surface area contributed by atoms with E-state index in [0.29, 0.717) is 11.8 Å². The summed E-state index contributed by atoms with van der Waals surface area (Å²) in [5.74, 6) is -4.10. The molecule has 1 aliphatic rings. The highest BCUT2D eigenvalue weighted by molar-refractivity contribution is 6.32. The van der Waals surface area contributed by atoms with Gasteiger partial charge in [0.15, 0.2) is 0 Å². The molecule has 0 saturated carbocycles. The normalized spacial score (nSPS) is 15.2. The number of alkyl halides is 4. The maximum atomic E-state index is 14.3. The van der Waals surface area contributed by atoms with Gasteiger partial charge >= 0.3 is 12.1 Å². The van der Waals surface area contributed by atoms with Crippen LogP contribution in [0.1, 0.15) is 53.4 Å². The van der Waals surface area contributed by atoms with Gasteiger partial charge < -0.3 is 19.7 Å². The molecule has 0 unspecified atom stereocenters. The Kier molecular flexibility index (Phi) is 10.0. The zero-order valence-corrected chi connectivity index (χ0v) is 24.7. The topological polar surface area (TPSA) is 85.7 Å². The third-order valence-electron chi connectivity index (χ3n) is 7.00. The molecule has 15 heteroatoms. The van der Waals surface area contributed by atoms with Gasteiger partial charge in [0.2, 0.25) is 0 Å². The van der Waals surface area contributed by atoms with Crippen molar-refractivity contribution in [1.29, 1.82) is 0 Å². The molecule has 0 radical (unpaired) electrons. The molecule has 0 spiro atoms. The average molecular weight is 647 g/mol. The lowest BCUT2D eigenvalue weighted by Crippen LogP contribution is -2.25. The van der Waals surface area contributed by atoms with Crippen LogP contribution in [0.15, 0.2) is 30.5 Å². The van der Waals surface area contributed by atoms with Crippen LogP contribution in [0.3, 0.4) is 0 Å². The van der Waals surface area contributed by atoms with E-state index in [2.05, 4.69) is 10.4 Å². The Morgan fingerprint density at radius 2 is 1.91 bits per heavy atom. The molecule has 2 aromatic carbocycles. The van der Waals surface area contributed by atoms with Crippen LogP contribution in [-0.4, -0.2) is 54.6 Å². The van der Waals surface area contributed by atoms with Crippen LogP contribution >= 0.6 is 11.6 Å². The first-order valence-corrected chi connectivity index (χ1v) is 13.9. The highest BCUT2D eigenvalue weighted by Crippen LogP contribution is 2.41. The number of nitrogens with one attached hydrogen (secondary N) is 1. The molecule has 8 nitrogen and oxygen atoms in total. The summed E-state index contributed by atoms with van der Waals surface area (Å²) in [7, 11) is 1.13. The van der Waals surface area contributed by atoms with E-state index in [1.54, 1.807) is 13.8 Å². The van der Waals surface area contributed by atoms with Crippen molar-refractivity contribution in [1.82, 2.24) is 9.78 Å². The molecule has 1 aliphatic heterocycles. The minimum Gasteiger partial charge on any atom is -0.490 e.